The van der Waals surface area contributed by atoms with Crippen LogP contribution in [0.5, 0.6) is 0 Å². The average Bonchev–Trinajstić information content (AvgIpc) is 2.71. The molecule has 1 atom stereocenters. The number of Topliss-reactive ketones (excluding diaryl/α,β-unsaturated/α-hetero) is 1. The largest absolute Gasteiger partial charge is 0.444 e. The highest BCUT2D eigenvalue weighted by molar-refractivity contribution is 6.17. The van der Waals surface area contributed by atoms with Crippen LogP contribution in [0, 0.1) is 5.92 Å². The first-order chi connectivity index (χ1) is 15.8. The number of nitrogens with one attached hydrogen (secondary N) is 1. The molecule has 0 aliphatic carbocycles. The molecule has 3 rings (SSSR count). The van der Waals surface area contributed by atoms with Crippen LogP contribution < -0.4 is 5.32 Å². The van der Waals surface area contributed by atoms with Crippen molar-refractivity contribution in [3.8, 4) is 11.1 Å². The second kappa shape index (κ2) is 9.67. The van der Waals surface area contributed by atoms with Crippen molar-refractivity contribution in [1.29, 1.82) is 0 Å². The van der Waals surface area contributed by atoms with E-state index in [1.54, 1.807) is 20.8 Å². The Morgan fingerprint density at radius 1 is 0.941 bits per heavy atom. The minimum absolute atomic E-state index is 0.0353. The first kappa shape index (κ1) is 25.0. The molecule has 2 aromatic rings. The molecule has 1 heterocycles. The number of ketones is 1. The molecule has 1 saturated heterocycles. The molecule has 1 aliphatic heterocycles. The van der Waals surface area contributed by atoms with Gasteiger partial charge in [0.2, 0.25) is 5.92 Å². The number of cyclic esters (lactones) is 2. The van der Waals surface area contributed by atoms with Crippen molar-refractivity contribution in [1.82, 2.24) is 5.32 Å². The summed E-state index contributed by atoms with van der Waals surface area (Å²) in [6, 6.07) is 16.0. The van der Waals surface area contributed by atoms with Crippen LogP contribution >= 0.6 is 0 Å². The molecule has 0 radical (unpaired) electrons. The van der Waals surface area contributed by atoms with Crippen LogP contribution in [0.15, 0.2) is 54.6 Å². The van der Waals surface area contributed by atoms with E-state index in [4.69, 9.17) is 14.2 Å². The fourth-order valence-electron chi connectivity index (χ4n) is 3.53. The van der Waals surface area contributed by atoms with Gasteiger partial charge in [0.25, 0.3) is 5.79 Å². The van der Waals surface area contributed by atoms with E-state index >= 15 is 0 Å². The van der Waals surface area contributed by atoms with E-state index in [1.165, 1.54) is 13.8 Å². The Balaban J connectivity index is 1.83. The molecule has 0 saturated carbocycles. The predicted octanol–water partition coefficient (Wildman–Crippen LogP) is 3.81. The summed E-state index contributed by atoms with van der Waals surface area (Å²) in [6.45, 7) is 7.85. The van der Waals surface area contributed by atoms with Crippen molar-refractivity contribution in [2.45, 2.75) is 58.5 Å². The van der Waals surface area contributed by atoms with Crippen molar-refractivity contribution in [3.63, 3.8) is 0 Å². The van der Waals surface area contributed by atoms with Gasteiger partial charge in [-0.15, -0.1) is 0 Å². The lowest BCUT2D eigenvalue weighted by molar-refractivity contribution is -0.238. The zero-order valence-corrected chi connectivity index (χ0v) is 19.9. The molecule has 0 bridgehead atoms. The summed E-state index contributed by atoms with van der Waals surface area (Å²) in [5.74, 6) is -6.12. The van der Waals surface area contributed by atoms with Crippen LogP contribution in [0.25, 0.3) is 11.1 Å². The second-order valence-corrected chi connectivity index (χ2v) is 9.54. The number of ether oxygens (including phenoxy) is 3. The number of amides is 1. The van der Waals surface area contributed by atoms with Gasteiger partial charge in [0.15, 0.2) is 5.78 Å². The lowest BCUT2D eigenvalue weighted by Gasteiger charge is -2.33. The Labute approximate surface area is 198 Å². The van der Waals surface area contributed by atoms with E-state index in [0.717, 1.165) is 11.1 Å². The monoisotopic (exact) mass is 467 g/mol. The highest BCUT2D eigenvalue weighted by Gasteiger charge is 2.49. The zero-order chi connectivity index (χ0) is 25.1. The zero-order valence-electron chi connectivity index (χ0n) is 19.9. The van der Waals surface area contributed by atoms with Gasteiger partial charge in [-0.2, -0.15) is 0 Å². The van der Waals surface area contributed by atoms with Crippen LogP contribution in [-0.2, 0) is 35.0 Å². The van der Waals surface area contributed by atoms with Crippen LogP contribution in [0.2, 0.25) is 0 Å². The lowest BCUT2D eigenvalue weighted by Crippen LogP contribution is -2.55. The van der Waals surface area contributed by atoms with Gasteiger partial charge in [-0.1, -0.05) is 54.6 Å². The molecule has 0 unspecified atom stereocenters. The Bertz CT molecular complexity index is 1050. The first-order valence-corrected chi connectivity index (χ1v) is 11.0. The van der Waals surface area contributed by atoms with Gasteiger partial charge in [0.05, 0.1) is 6.04 Å². The fraction of sp³-hybridized carbons (Fsp3) is 0.385. The normalized spacial score (nSPS) is 16.7. The molecule has 1 N–H and O–H groups in total. The summed E-state index contributed by atoms with van der Waals surface area (Å²) in [6.07, 6.45) is -0.808. The summed E-state index contributed by atoms with van der Waals surface area (Å²) < 4.78 is 15.4. The lowest BCUT2D eigenvalue weighted by atomic mass is 9.92. The third-order valence-electron chi connectivity index (χ3n) is 4.98. The van der Waals surface area contributed by atoms with Gasteiger partial charge in [-0.25, -0.2) is 4.79 Å². The summed E-state index contributed by atoms with van der Waals surface area (Å²) in [5, 5.41) is 2.50. The Kier molecular flexibility index (Phi) is 7.09. The average molecular weight is 468 g/mol. The number of alkyl carbamates (subject to hydrolysis) is 1. The highest BCUT2D eigenvalue weighted by atomic mass is 16.7. The van der Waals surface area contributed by atoms with E-state index in [-0.39, 0.29) is 6.42 Å². The van der Waals surface area contributed by atoms with E-state index in [2.05, 4.69) is 5.32 Å². The van der Waals surface area contributed by atoms with Crippen LogP contribution in [0.4, 0.5) is 4.79 Å². The van der Waals surface area contributed by atoms with E-state index in [9.17, 15) is 19.2 Å². The van der Waals surface area contributed by atoms with Crippen molar-refractivity contribution in [2.24, 2.45) is 5.92 Å². The first-order valence-electron chi connectivity index (χ1n) is 11.0. The van der Waals surface area contributed by atoms with Crippen molar-refractivity contribution < 1.29 is 33.4 Å². The molecule has 1 aliphatic rings. The summed E-state index contributed by atoms with van der Waals surface area (Å²) in [5.41, 5.74) is 1.92. The molecule has 8 heteroatoms. The highest BCUT2D eigenvalue weighted by Crippen LogP contribution is 2.26. The number of carbonyl (C=O) groups is 4. The maximum Gasteiger partial charge on any atom is 0.408 e. The molecule has 34 heavy (non-hydrogen) atoms. The fourth-order valence-corrected chi connectivity index (χ4v) is 3.53. The molecule has 0 aromatic heterocycles. The Hall–Kier alpha value is -3.68. The molecular weight excluding hydrogens is 438 g/mol. The molecule has 1 fully saturated rings. The van der Waals surface area contributed by atoms with Crippen molar-refractivity contribution in [3.05, 3.63) is 60.2 Å². The van der Waals surface area contributed by atoms with Gasteiger partial charge in [0.1, 0.15) is 5.60 Å². The molecule has 2 aromatic carbocycles. The molecule has 1 amide bonds. The quantitative estimate of drug-likeness (QED) is 0.508. The smallest absolute Gasteiger partial charge is 0.408 e. The Morgan fingerprint density at radius 3 is 2.00 bits per heavy atom. The van der Waals surface area contributed by atoms with Crippen LogP contribution in [-0.4, -0.2) is 41.2 Å². The maximum absolute atomic E-state index is 13.3. The summed E-state index contributed by atoms with van der Waals surface area (Å²) >= 11 is 0. The van der Waals surface area contributed by atoms with E-state index in [0.29, 0.717) is 5.56 Å². The number of rotatable bonds is 6. The Morgan fingerprint density at radius 2 is 1.47 bits per heavy atom. The van der Waals surface area contributed by atoms with Crippen molar-refractivity contribution in [2.75, 3.05) is 0 Å². The van der Waals surface area contributed by atoms with Crippen LogP contribution in [0.3, 0.4) is 0 Å². The molecule has 8 nitrogen and oxygen atoms in total. The van der Waals surface area contributed by atoms with Gasteiger partial charge in [0, 0.05) is 13.8 Å². The number of benzene rings is 2. The number of hydrogen-bond acceptors (Lipinski definition) is 7. The topological polar surface area (TPSA) is 108 Å². The van der Waals surface area contributed by atoms with Crippen molar-refractivity contribution >= 4 is 23.8 Å². The number of carbonyl (C=O) groups excluding carboxylic acids is 4. The third kappa shape index (κ3) is 6.43. The van der Waals surface area contributed by atoms with Crippen LogP contribution in [0.1, 0.15) is 40.2 Å². The van der Waals surface area contributed by atoms with Gasteiger partial charge in [-0.05, 0) is 43.9 Å². The second-order valence-electron chi connectivity index (χ2n) is 9.54. The number of hydrogen-bond donors (Lipinski definition) is 1. The SMILES string of the molecule is CC(C)(C)OC(=O)N[C@H](Cc1ccc(-c2ccccc2)cc1)C(=O)C1C(=O)OC(C)(C)OC1=O. The molecular formula is C26H29NO7. The predicted molar refractivity (Wildman–Crippen MR) is 123 cm³/mol. The molecule has 0 spiro atoms. The van der Waals surface area contributed by atoms with E-state index < -0.39 is 47.2 Å². The van der Waals surface area contributed by atoms with Gasteiger partial charge in [-0.3, -0.25) is 14.4 Å². The summed E-state index contributed by atoms with van der Waals surface area (Å²) in [7, 11) is 0. The standard InChI is InChI=1S/C26H29NO7/c1-25(2,3)34-24(31)27-19(21(28)20-22(29)32-26(4,5)33-23(20)30)15-16-11-13-18(14-12-16)17-9-7-6-8-10-17/h6-14,19-20H,15H2,1-5H3,(H,27,31)/t19-/m1/s1. The minimum atomic E-state index is -1.79. The third-order valence-corrected chi connectivity index (χ3v) is 4.98. The van der Waals surface area contributed by atoms with Gasteiger partial charge < -0.3 is 19.5 Å². The van der Waals surface area contributed by atoms with E-state index in [1.807, 2.05) is 54.6 Å². The summed E-state index contributed by atoms with van der Waals surface area (Å²) in [4.78, 5) is 50.6. The van der Waals surface area contributed by atoms with Gasteiger partial charge >= 0.3 is 18.0 Å². The number of esters is 2. The molecule has 180 valence electrons. The maximum atomic E-state index is 13.3. The minimum Gasteiger partial charge on any atom is -0.444 e.